The lowest BCUT2D eigenvalue weighted by Crippen LogP contribution is -2.23. The summed E-state index contributed by atoms with van der Waals surface area (Å²) in [5, 5.41) is 4.18. The first-order valence-corrected chi connectivity index (χ1v) is 5.69. The van der Waals surface area contributed by atoms with Gasteiger partial charge in [-0.2, -0.15) is 0 Å². The van der Waals surface area contributed by atoms with Crippen molar-refractivity contribution in [1.29, 1.82) is 0 Å². The monoisotopic (exact) mass is 227 g/mol. The minimum atomic E-state index is 0.263. The molecule has 3 heteroatoms. The van der Waals surface area contributed by atoms with Crippen LogP contribution in [0.2, 0.25) is 5.02 Å². The molecule has 84 valence electrons. The molecule has 2 nitrogen and oxygen atoms in total. The Balaban J connectivity index is 2.40. The Bertz CT molecular complexity index is 291. The van der Waals surface area contributed by atoms with Gasteiger partial charge in [-0.05, 0) is 25.5 Å². The third-order valence-electron chi connectivity index (χ3n) is 2.27. The highest BCUT2D eigenvalue weighted by Crippen LogP contribution is 2.21. The van der Waals surface area contributed by atoms with Crippen molar-refractivity contribution < 1.29 is 4.74 Å². The van der Waals surface area contributed by atoms with Crippen LogP contribution in [-0.2, 0) is 4.74 Å². The van der Waals surface area contributed by atoms with Gasteiger partial charge in [0.05, 0.1) is 6.61 Å². The molecular weight excluding hydrogens is 210 g/mol. The molecule has 0 aliphatic carbocycles. The predicted octanol–water partition coefficient (Wildman–Crippen LogP) is 3.03. The Morgan fingerprint density at radius 3 is 2.80 bits per heavy atom. The molecule has 0 saturated heterocycles. The number of benzene rings is 1. The molecule has 0 saturated carbocycles. The van der Waals surface area contributed by atoms with Crippen LogP contribution in [0.3, 0.4) is 0 Å². The smallest absolute Gasteiger partial charge is 0.0590 e. The lowest BCUT2D eigenvalue weighted by molar-refractivity contribution is 0.147. The Kier molecular flexibility index (Phi) is 5.69. The molecule has 0 spiro atoms. The minimum absolute atomic E-state index is 0.263. The summed E-state index contributed by atoms with van der Waals surface area (Å²) in [4.78, 5) is 0. The predicted molar refractivity (Wildman–Crippen MR) is 64.4 cm³/mol. The summed E-state index contributed by atoms with van der Waals surface area (Å²) in [5.74, 6) is 0. The highest BCUT2D eigenvalue weighted by atomic mass is 35.5. The van der Waals surface area contributed by atoms with Gasteiger partial charge in [0.25, 0.3) is 0 Å². The fourth-order valence-electron chi connectivity index (χ4n) is 1.43. The molecule has 1 rings (SSSR count). The van der Waals surface area contributed by atoms with Crippen molar-refractivity contribution in [2.24, 2.45) is 0 Å². The van der Waals surface area contributed by atoms with E-state index < -0.39 is 0 Å². The molecule has 0 radical (unpaired) electrons. The van der Waals surface area contributed by atoms with E-state index in [-0.39, 0.29) is 6.04 Å². The summed E-state index contributed by atoms with van der Waals surface area (Å²) in [5.41, 5.74) is 1.13. The third kappa shape index (κ3) is 4.20. The Morgan fingerprint density at radius 2 is 2.13 bits per heavy atom. The highest BCUT2D eigenvalue weighted by molar-refractivity contribution is 6.31. The molecule has 0 heterocycles. The first-order valence-electron chi connectivity index (χ1n) is 5.31. The maximum absolute atomic E-state index is 6.09. The van der Waals surface area contributed by atoms with Crippen LogP contribution in [0.15, 0.2) is 24.3 Å². The van der Waals surface area contributed by atoms with E-state index in [1.807, 2.05) is 31.2 Å². The summed E-state index contributed by atoms with van der Waals surface area (Å²) >= 11 is 6.09. The number of halogens is 1. The largest absolute Gasteiger partial charge is 0.380 e. The zero-order chi connectivity index (χ0) is 11.1. The van der Waals surface area contributed by atoms with Gasteiger partial charge in [-0.15, -0.1) is 0 Å². The second-order valence-corrected chi connectivity index (χ2v) is 3.80. The average molecular weight is 228 g/mol. The van der Waals surface area contributed by atoms with Crippen LogP contribution in [-0.4, -0.2) is 19.8 Å². The van der Waals surface area contributed by atoms with E-state index >= 15 is 0 Å². The number of nitrogens with one attached hydrogen (secondary N) is 1. The number of ether oxygens (including phenoxy) is 1. The maximum Gasteiger partial charge on any atom is 0.0590 e. The number of rotatable bonds is 6. The van der Waals surface area contributed by atoms with Crippen molar-refractivity contribution >= 4 is 11.6 Å². The van der Waals surface area contributed by atoms with Crippen molar-refractivity contribution in [3.8, 4) is 0 Å². The molecule has 0 aliphatic heterocycles. The highest BCUT2D eigenvalue weighted by Gasteiger charge is 2.07. The second kappa shape index (κ2) is 6.83. The summed E-state index contributed by atoms with van der Waals surface area (Å²) in [6, 6.07) is 8.16. The maximum atomic E-state index is 6.09. The van der Waals surface area contributed by atoms with Gasteiger partial charge >= 0.3 is 0 Å². The summed E-state index contributed by atoms with van der Waals surface area (Å²) in [7, 11) is 0. The zero-order valence-corrected chi connectivity index (χ0v) is 10.1. The third-order valence-corrected chi connectivity index (χ3v) is 2.62. The number of hydrogen-bond donors (Lipinski definition) is 1. The lowest BCUT2D eigenvalue weighted by Gasteiger charge is -2.15. The van der Waals surface area contributed by atoms with Crippen molar-refractivity contribution in [3.05, 3.63) is 34.9 Å². The summed E-state index contributed by atoms with van der Waals surface area (Å²) in [6.45, 7) is 6.46. The van der Waals surface area contributed by atoms with Gasteiger partial charge in [0.1, 0.15) is 0 Å². The molecular formula is C12H18ClNO. The van der Waals surface area contributed by atoms with Crippen LogP contribution >= 0.6 is 11.6 Å². The molecule has 0 bridgehead atoms. The van der Waals surface area contributed by atoms with Crippen molar-refractivity contribution in [1.82, 2.24) is 5.32 Å². The van der Waals surface area contributed by atoms with Crippen LogP contribution in [0.25, 0.3) is 0 Å². The van der Waals surface area contributed by atoms with E-state index in [4.69, 9.17) is 16.3 Å². The van der Waals surface area contributed by atoms with Crippen LogP contribution in [0.1, 0.15) is 25.5 Å². The standard InChI is InChI=1S/C12H18ClNO/c1-3-15-9-8-14-10(2)11-6-4-5-7-12(11)13/h4-7,10,14H,3,8-9H2,1-2H3. The van der Waals surface area contributed by atoms with Gasteiger partial charge < -0.3 is 10.1 Å². The van der Waals surface area contributed by atoms with E-state index in [0.29, 0.717) is 0 Å². The van der Waals surface area contributed by atoms with E-state index in [9.17, 15) is 0 Å². The van der Waals surface area contributed by atoms with Gasteiger partial charge in [0.15, 0.2) is 0 Å². The van der Waals surface area contributed by atoms with E-state index in [1.54, 1.807) is 0 Å². The molecule has 1 aromatic rings. The van der Waals surface area contributed by atoms with Gasteiger partial charge in [0.2, 0.25) is 0 Å². The second-order valence-electron chi connectivity index (χ2n) is 3.39. The summed E-state index contributed by atoms with van der Waals surface area (Å²) < 4.78 is 5.25. The molecule has 0 fully saturated rings. The van der Waals surface area contributed by atoms with Crippen molar-refractivity contribution in [2.75, 3.05) is 19.8 Å². The molecule has 0 amide bonds. The molecule has 1 unspecified atom stereocenters. The SMILES string of the molecule is CCOCCNC(C)c1ccccc1Cl. The van der Waals surface area contributed by atoms with Gasteiger partial charge in [0, 0.05) is 24.2 Å². The summed E-state index contributed by atoms with van der Waals surface area (Å²) in [6.07, 6.45) is 0. The average Bonchev–Trinajstić information content (AvgIpc) is 2.25. The topological polar surface area (TPSA) is 21.3 Å². The molecule has 1 aromatic carbocycles. The fourth-order valence-corrected chi connectivity index (χ4v) is 1.73. The van der Waals surface area contributed by atoms with Gasteiger partial charge in [-0.3, -0.25) is 0 Å². The molecule has 1 N–H and O–H groups in total. The normalized spacial score (nSPS) is 12.7. The molecule has 1 atom stereocenters. The molecule has 15 heavy (non-hydrogen) atoms. The molecule has 0 aliphatic rings. The zero-order valence-electron chi connectivity index (χ0n) is 9.29. The van der Waals surface area contributed by atoms with Crippen LogP contribution in [0.5, 0.6) is 0 Å². The minimum Gasteiger partial charge on any atom is -0.380 e. The Hall–Kier alpha value is -0.570. The first-order chi connectivity index (χ1) is 7.25. The van der Waals surface area contributed by atoms with Gasteiger partial charge in [-0.1, -0.05) is 29.8 Å². The van der Waals surface area contributed by atoms with Crippen molar-refractivity contribution in [3.63, 3.8) is 0 Å². The Labute approximate surface area is 96.6 Å². The van der Waals surface area contributed by atoms with Gasteiger partial charge in [-0.25, -0.2) is 0 Å². The van der Waals surface area contributed by atoms with Crippen molar-refractivity contribution in [2.45, 2.75) is 19.9 Å². The van der Waals surface area contributed by atoms with Crippen LogP contribution in [0.4, 0.5) is 0 Å². The number of hydrogen-bond acceptors (Lipinski definition) is 2. The Morgan fingerprint density at radius 1 is 1.40 bits per heavy atom. The lowest BCUT2D eigenvalue weighted by atomic mass is 10.1. The van der Waals surface area contributed by atoms with E-state index in [0.717, 1.165) is 30.3 Å². The van der Waals surface area contributed by atoms with Crippen LogP contribution in [0, 0.1) is 0 Å². The molecule has 0 aromatic heterocycles. The van der Waals surface area contributed by atoms with Crippen LogP contribution < -0.4 is 5.32 Å². The van der Waals surface area contributed by atoms with E-state index in [2.05, 4.69) is 12.2 Å². The quantitative estimate of drug-likeness (QED) is 0.755. The fraction of sp³-hybridized carbons (Fsp3) is 0.500. The first kappa shape index (κ1) is 12.5. The van der Waals surface area contributed by atoms with E-state index in [1.165, 1.54) is 0 Å².